The Balaban J connectivity index is 2.02. The number of hydrogen-bond donors (Lipinski definition) is 2. The highest BCUT2D eigenvalue weighted by molar-refractivity contribution is 7.10. The second-order valence-electron chi connectivity index (χ2n) is 4.29. The van der Waals surface area contributed by atoms with E-state index in [4.69, 9.17) is 0 Å². The van der Waals surface area contributed by atoms with Crippen LogP contribution in [0.1, 0.15) is 30.5 Å². The number of H-pyrrole nitrogens is 1. The number of aromatic nitrogens is 1. The first-order chi connectivity index (χ1) is 8.16. The van der Waals surface area contributed by atoms with Gasteiger partial charge in [-0.2, -0.15) is 0 Å². The summed E-state index contributed by atoms with van der Waals surface area (Å²) in [6.07, 6.45) is 0. The van der Waals surface area contributed by atoms with Crippen molar-refractivity contribution in [2.24, 2.45) is 5.92 Å². The lowest BCUT2D eigenvalue weighted by Gasteiger charge is -2.20. The predicted octanol–water partition coefficient (Wildman–Crippen LogP) is 2.98. The molecule has 0 saturated carbocycles. The van der Waals surface area contributed by atoms with E-state index < -0.39 is 0 Å². The fourth-order valence-corrected chi connectivity index (χ4v) is 3.31. The number of thiazole rings is 1. The number of rotatable bonds is 5. The molecule has 0 fully saturated rings. The lowest BCUT2D eigenvalue weighted by molar-refractivity contribution is 0.414. The Hall–Kier alpha value is -0.910. The van der Waals surface area contributed by atoms with Crippen LogP contribution in [0, 0.1) is 5.92 Å². The monoisotopic (exact) mass is 268 g/mol. The summed E-state index contributed by atoms with van der Waals surface area (Å²) < 4.78 is 0. The minimum atomic E-state index is 0.0130. The van der Waals surface area contributed by atoms with Gasteiger partial charge in [0.15, 0.2) is 0 Å². The van der Waals surface area contributed by atoms with Crippen molar-refractivity contribution in [2.45, 2.75) is 26.4 Å². The summed E-state index contributed by atoms with van der Waals surface area (Å²) in [5.74, 6) is 0.527. The fraction of sp³-hybridized carbons (Fsp3) is 0.417. The van der Waals surface area contributed by atoms with E-state index in [0.717, 1.165) is 5.69 Å². The summed E-state index contributed by atoms with van der Waals surface area (Å²) >= 11 is 2.98. The molecule has 1 unspecified atom stereocenters. The van der Waals surface area contributed by atoms with Crippen molar-refractivity contribution in [3.8, 4) is 0 Å². The third-order valence-corrected chi connectivity index (χ3v) is 4.27. The second kappa shape index (κ2) is 5.62. The Morgan fingerprint density at radius 1 is 1.41 bits per heavy atom. The molecule has 0 spiro atoms. The fourth-order valence-electron chi connectivity index (χ4n) is 1.75. The average molecular weight is 268 g/mol. The first-order valence-corrected chi connectivity index (χ1v) is 7.36. The summed E-state index contributed by atoms with van der Waals surface area (Å²) in [6, 6.07) is 4.57. The maximum absolute atomic E-state index is 11.0. The van der Waals surface area contributed by atoms with E-state index in [0.29, 0.717) is 18.5 Å². The first-order valence-electron chi connectivity index (χ1n) is 5.60. The molecule has 0 amide bonds. The number of thiophene rings is 1. The van der Waals surface area contributed by atoms with Gasteiger partial charge in [-0.3, -0.25) is 4.79 Å². The van der Waals surface area contributed by atoms with Crippen LogP contribution in [0.4, 0.5) is 0 Å². The minimum Gasteiger partial charge on any atom is -0.315 e. The summed E-state index contributed by atoms with van der Waals surface area (Å²) in [6.45, 7) is 5.11. The summed E-state index contributed by atoms with van der Waals surface area (Å²) in [7, 11) is 0. The molecule has 2 aromatic rings. The molecule has 0 bridgehead atoms. The maximum Gasteiger partial charge on any atom is 0.304 e. The third-order valence-electron chi connectivity index (χ3n) is 2.60. The molecular formula is C12H16N2OS2. The van der Waals surface area contributed by atoms with Crippen molar-refractivity contribution in [2.75, 3.05) is 0 Å². The minimum absolute atomic E-state index is 0.0130. The van der Waals surface area contributed by atoms with Crippen LogP contribution in [0.3, 0.4) is 0 Å². The van der Waals surface area contributed by atoms with E-state index in [1.165, 1.54) is 16.2 Å². The van der Waals surface area contributed by atoms with Gasteiger partial charge in [-0.15, -0.1) is 11.3 Å². The molecule has 2 rings (SSSR count). The first kappa shape index (κ1) is 12.5. The molecule has 5 heteroatoms. The average Bonchev–Trinajstić information content (AvgIpc) is 2.90. The lowest BCUT2D eigenvalue weighted by atomic mass is 10.0. The van der Waals surface area contributed by atoms with Gasteiger partial charge in [0.05, 0.1) is 0 Å². The van der Waals surface area contributed by atoms with E-state index in [1.54, 1.807) is 11.3 Å². The van der Waals surface area contributed by atoms with Crippen molar-refractivity contribution >= 4 is 22.7 Å². The molecule has 2 heterocycles. The van der Waals surface area contributed by atoms with Crippen molar-refractivity contribution in [3.05, 3.63) is 43.1 Å². The lowest BCUT2D eigenvalue weighted by Crippen LogP contribution is -2.24. The molecule has 0 aliphatic carbocycles. The van der Waals surface area contributed by atoms with Crippen LogP contribution in [-0.4, -0.2) is 4.98 Å². The van der Waals surface area contributed by atoms with Gasteiger partial charge in [0.2, 0.25) is 0 Å². The molecule has 0 aliphatic rings. The van der Waals surface area contributed by atoms with E-state index in [1.807, 2.05) is 5.38 Å². The quantitative estimate of drug-likeness (QED) is 0.875. The highest BCUT2D eigenvalue weighted by Gasteiger charge is 2.16. The van der Waals surface area contributed by atoms with Gasteiger partial charge < -0.3 is 10.3 Å². The van der Waals surface area contributed by atoms with E-state index >= 15 is 0 Å². The molecular weight excluding hydrogens is 252 g/mol. The SMILES string of the molecule is CC(C)C(NCc1csc(=O)[nH]1)c1cccs1. The van der Waals surface area contributed by atoms with Crippen molar-refractivity contribution in [1.82, 2.24) is 10.3 Å². The van der Waals surface area contributed by atoms with Crippen LogP contribution in [0.2, 0.25) is 0 Å². The van der Waals surface area contributed by atoms with Crippen molar-refractivity contribution in [1.29, 1.82) is 0 Å². The summed E-state index contributed by atoms with van der Waals surface area (Å²) in [5.41, 5.74) is 0.960. The van der Waals surface area contributed by atoms with Crippen molar-refractivity contribution in [3.63, 3.8) is 0 Å². The normalized spacial score (nSPS) is 13.1. The van der Waals surface area contributed by atoms with Gasteiger partial charge in [-0.25, -0.2) is 0 Å². The Morgan fingerprint density at radius 2 is 2.24 bits per heavy atom. The Bertz CT molecular complexity index is 499. The summed E-state index contributed by atoms with van der Waals surface area (Å²) in [4.78, 5) is 15.2. The van der Waals surface area contributed by atoms with Gasteiger partial charge in [-0.05, 0) is 17.4 Å². The molecule has 0 radical (unpaired) electrons. The third kappa shape index (κ3) is 3.28. The van der Waals surface area contributed by atoms with Gasteiger partial charge in [0.1, 0.15) is 0 Å². The van der Waals surface area contributed by atoms with Gasteiger partial charge >= 0.3 is 4.87 Å². The zero-order valence-electron chi connectivity index (χ0n) is 9.90. The van der Waals surface area contributed by atoms with Crippen LogP contribution < -0.4 is 10.2 Å². The summed E-state index contributed by atoms with van der Waals surface area (Å²) in [5, 5.41) is 7.47. The Labute approximate surface area is 109 Å². The van der Waals surface area contributed by atoms with Crippen LogP contribution >= 0.6 is 22.7 Å². The molecule has 92 valence electrons. The van der Waals surface area contributed by atoms with Crippen LogP contribution in [0.15, 0.2) is 27.7 Å². The maximum atomic E-state index is 11.0. The van der Waals surface area contributed by atoms with Crippen molar-refractivity contribution < 1.29 is 0 Å². The molecule has 0 saturated heterocycles. The molecule has 2 aromatic heterocycles. The molecule has 17 heavy (non-hydrogen) atoms. The second-order valence-corrected chi connectivity index (χ2v) is 6.11. The van der Waals surface area contributed by atoms with E-state index in [2.05, 4.69) is 41.7 Å². The Morgan fingerprint density at radius 3 is 2.76 bits per heavy atom. The van der Waals surface area contributed by atoms with Crippen LogP contribution in [0.5, 0.6) is 0 Å². The van der Waals surface area contributed by atoms with Gasteiger partial charge in [-0.1, -0.05) is 31.3 Å². The van der Waals surface area contributed by atoms with E-state index in [-0.39, 0.29) is 4.87 Å². The van der Waals surface area contributed by atoms with Crippen LogP contribution in [-0.2, 0) is 6.54 Å². The highest BCUT2D eigenvalue weighted by Crippen LogP contribution is 2.25. The van der Waals surface area contributed by atoms with Crippen LogP contribution in [0.25, 0.3) is 0 Å². The number of hydrogen-bond acceptors (Lipinski definition) is 4. The zero-order valence-corrected chi connectivity index (χ0v) is 11.5. The number of aromatic amines is 1. The zero-order chi connectivity index (χ0) is 12.3. The molecule has 3 nitrogen and oxygen atoms in total. The molecule has 0 aliphatic heterocycles. The highest BCUT2D eigenvalue weighted by atomic mass is 32.1. The predicted molar refractivity (Wildman–Crippen MR) is 73.7 cm³/mol. The molecule has 0 aromatic carbocycles. The molecule has 1 atom stereocenters. The number of nitrogens with one attached hydrogen (secondary N) is 2. The Kier molecular flexibility index (Phi) is 4.15. The van der Waals surface area contributed by atoms with E-state index in [9.17, 15) is 4.79 Å². The molecule has 2 N–H and O–H groups in total. The largest absolute Gasteiger partial charge is 0.315 e. The standard InChI is InChI=1S/C12H16N2OS2/c1-8(2)11(10-4-3-5-16-10)13-6-9-7-17-12(15)14-9/h3-5,7-8,11,13H,6H2,1-2H3,(H,14,15). The van der Waals surface area contributed by atoms with Gasteiger partial charge in [0, 0.05) is 28.5 Å². The topological polar surface area (TPSA) is 44.9 Å². The smallest absolute Gasteiger partial charge is 0.304 e. The van der Waals surface area contributed by atoms with Gasteiger partial charge in [0.25, 0.3) is 0 Å².